The zero-order chi connectivity index (χ0) is 14.7. The van der Waals surface area contributed by atoms with Crippen LogP contribution in [0.15, 0.2) is 0 Å². The van der Waals surface area contributed by atoms with E-state index in [1.807, 2.05) is 7.05 Å². The number of nitrogens with one attached hydrogen (secondary N) is 1. The fourth-order valence-corrected chi connectivity index (χ4v) is 1.26. The molecule has 0 aromatic heterocycles. The number of carbonyl (C=O) groups is 2. The Labute approximate surface area is 115 Å². The van der Waals surface area contributed by atoms with Crippen molar-refractivity contribution in [1.82, 2.24) is 10.2 Å². The largest absolute Gasteiger partial charge is 0.463 e. The lowest BCUT2D eigenvalue weighted by atomic mass is 10.3. The molecule has 0 atom stereocenters. The van der Waals surface area contributed by atoms with Gasteiger partial charge in [0, 0.05) is 19.5 Å². The molecule has 1 amide bonds. The molecule has 0 aliphatic rings. The van der Waals surface area contributed by atoms with E-state index in [2.05, 4.69) is 17.1 Å². The highest BCUT2D eigenvalue weighted by molar-refractivity contribution is 5.69. The number of hydrogen-bond donors (Lipinski definition) is 1. The van der Waals surface area contributed by atoms with Crippen molar-refractivity contribution >= 4 is 12.1 Å². The molecular formula is C13H26N2O4. The Morgan fingerprint density at radius 1 is 1.32 bits per heavy atom. The Hall–Kier alpha value is -1.30. The third-order valence-corrected chi connectivity index (χ3v) is 2.43. The van der Waals surface area contributed by atoms with E-state index >= 15 is 0 Å². The summed E-state index contributed by atoms with van der Waals surface area (Å²) in [6, 6.07) is 0. The van der Waals surface area contributed by atoms with Gasteiger partial charge in [-0.05, 0) is 33.9 Å². The van der Waals surface area contributed by atoms with Gasteiger partial charge in [0.25, 0.3) is 0 Å². The molecule has 0 spiro atoms. The maximum absolute atomic E-state index is 11.3. The van der Waals surface area contributed by atoms with Crippen LogP contribution in [0.4, 0.5) is 4.79 Å². The van der Waals surface area contributed by atoms with Crippen molar-refractivity contribution < 1.29 is 19.1 Å². The highest BCUT2D eigenvalue weighted by atomic mass is 16.6. The summed E-state index contributed by atoms with van der Waals surface area (Å²) in [5, 5.41) is 2.65. The van der Waals surface area contributed by atoms with Crippen LogP contribution in [-0.4, -0.2) is 56.4 Å². The van der Waals surface area contributed by atoms with E-state index in [1.54, 1.807) is 13.8 Å². The summed E-state index contributed by atoms with van der Waals surface area (Å²) >= 11 is 0. The molecule has 0 aromatic rings. The molecule has 0 saturated heterocycles. The summed E-state index contributed by atoms with van der Waals surface area (Å²) in [7, 11) is 1.98. The normalized spacial score (nSPS) is 10.6. The molecular weight excluding hydrogens is 248 g/mol. The van der Waals surface area contributed by atoms with Gasteiger partial charge in [-0.2, -0.15) is 0 Å². The van der Waals surface area contributed by atoms with Crippen molar-refractivity contribution in [3.05, 3.63) is 0 Å². The van der Waals surface area contributed by atoms with E-state index in [0.717, 1.165) is 13.1 Å². The monoisotopic (exact) mass is 274 g/mol. The fraction of sp³-hybridized carbons (Fsp3) is 0.846. The molecule has 6 heteroatoms. The highest BCUT2D eigenvalue weighted by Crippen LogP contribution is 1.97. The Kier molecular flexibility index (Phi) is 9.88. The van der Waals surface area contributed by atoms with Gasteiger partial charge in [-0.15, -0.1) is 0 Å². The predicted molar refractivity (Wildman–Crippen MR) is 73.0 cm³/mol. The van der Waals surface area contributed by atoms with Gasteiger partial charge in [0.15, 0.2) is 0 Å². The number of amides is 1. The van der Waals surface area contributed by atoms with E-state index in [4.69, 9.17) is 9.47 Å². The van der Waals surface area contributed by atoms with Crippen molar-refractivity contribution in [3.63, 3.8) is 0 Å². The lowest BCUT2D eigenvalue weighted by Gasteiger charge is -2.14. The Morgan fingerprint density at radius 2 is 2.00 bits per heavy atom. The number of esters is 1. The zero-order valence-electron chi connectivity index (χ0n) is 12.4. The SMILES string of the molecule is CCN(C)CCNC(=O)OCCCC(=O)OC(C)C. The number of ether oxygens (including phenoxy) is 2. The van der Waals surface area contributed by atoms with Crippen molar-refractivity contribution in [2.45, 2.75) is 39.7 Å². The van der Waals surface area contributed by atoms with E-state index in [9.17, 15) is 9.59 Å². The number of rotatable bonds is 9. The van der Waals surface area contributed by atoms with Crippen LogP contribution in [0.1, 0.15) is 33.6 Å². The van der Waals surface area contributed by atoms with Crippen molar-refractivity contribution in [2.75, 3.05) is 33.3 Å². The van der Waals surface area contributed by atoms with Gasteiger partial charge in [0.2, 0.25) is 0 Å². The van der Waals surface area contributed by atoms with Crippen LogP contribution >= 0.6 is 0 Å². The van der Waals surface area contributed by atoms with Crippen LogP contribution in [0.5, 0.6) is 0 Å². The molecule has 0 radical (unpaired) electrons. The molecule has 19 heavy (non-hydrogen) atoms. The fourth-order valence-electron chi connectivity index (χ4n) is 1.26. The lowest BCUT2D eigenvalue weighted by molar-refractivity contribution is -0.147. The van der Waals surface area contributed by atoms with Crippen LogP contribution in [0, 0.1) is 0 Å². The summed E-state index contributed by atoms with van der Waals surface area (Å²) in [6.45, 7) is 8.15. The molecule has 0 aliphatic carbocycles. The first-order valence-corrected chi connectivity index (χ1v) is 6.74. The van der Waals surface area contributed by atoms with Gasteiger partial charge in [-0.25, -0.2) is 4.79 Å². The van der Waals surface area contributed by atoms with Crippen LogP contribution in [0.25, 0.3) is 0 Å². The van der Waals surface area contributed by atoms with E-state index in [1.165, 1.54) is 0 Å². The first kappa shape index (κ1) is 17.7. The molecule has 0 aromatic carbocycles. The maximum atomic E-state index is 11.3. The van der Waals surface area contributed by atoms with Gasteiger partial charge < -0.3 is 19.7 Å². The first-order chi connectivity index (χ1) is 8.95. The second kappa shape index (κ2) is 10.6. The van der Waals surface area contributed by atoms with Crippen LogP contribution in [0.2, 0.25) is 0 Å². The Balaban J connectivity index is 3.46. The second-order valence-corrected chi connectivity index (χ2v) is 4.60. The Morgan fingerprint density at radius 3 is 2.58 bits per heavy atom. The minimum Gasteiger partial charge on any atom is -0.463 e. The number of hydrogen-bond acceptors (Lipinski definition) is 5. The average molecular weight is 274 g/mol. The number of carbonyl (C=O) groups excluding carboxylic acids is 2. The molecule has 0 unspecified atom stereocenters. The van der Waals surface area contributed by atoms with E-state index in [-0.39, 0.29) is 25.1 Å². The molecule has 1 N–H and O–H groups in total. The quantitative estimate of drug-likeness (QED) is 0.508. The van der Waals surface area contributed by atoms with Crippen LogP contribution in [-0.2, 0) is 14.3 Å². The smallest absolute Gasteiger partial charge is 0.407 e. The minimum atomic E-state index is -0.443. The molecule has 0 fully saturated rings. The molecule has 0 aliphatic heterocycles. The van der Waals surface area contributed by atoms with Gasteiger partial charge in [-0.3, -0.25) is 4.79 Å². The molecule has 6 nitrogen and oxygen atoms in total. The minimum absolute atomic E-state index is 0.104. The van der Waals surface area contributed by atoms with Crippen LogP contribution in [0.3, 0.4) is 0 Å². The van der Waals surface area contributed by atoms with Crippen LogP contribution < -0.4 is 5.32 Å². The van der Waals surface area contributed by atoms with Crippen molar-refractivity contribution in [1.29, 1.82) is 0 Å². The van der Waals surface area contributed by atoms with Crippen molar-refractivity contribution in [2.24, 2.45) is 0 Å². The molecule has 0 rings (SSSR count). The topological polar surface area (TPSA) is 67.9 Å². The van der Waals surface area contributed by atoms with Crippen molar-refractivity contribution in [3.8, 4) is 0 Å². The van der Waals surface area contributed by atoms with E-state index in [0.29, 0.717) is 13.0 Å². The van der Waals surface area contributed by atoms with Gasteiger partial charge in [0.1, 0.15) is 0 Å². The number of likely N-dealkylation sites (N-methyl/N-ethyl adjacent to an activating group) is 1. The first-order valence-electron chi connectivity index (χ1n) is 6.74. The predicted octanol–water partition coefficient (Wildman–Crippen LogP) is 1.40. The molecule has 0 bridgehead atoms. The summed E-state index contributed by atoms with van der Waals surface area (Å²) < 4.78 is 9.90. The Bertz CT molecular complexity index is 269. The highest BCUT2D eigenvalue weighted by Gasteiger charge is 2.06. The molecule has 112 valence electrons. The second-order valence-electron chi connectivity index (χ2n) is 4.60. The third kappa shape index (κ3) is 11.5. The summed E-state index contributed by atoms with van der Waals surface area (Å²) in [5.74, 6) is -0.261. The number of alkyl carbamates (subject to hydrolysis) is 1. The molecule has 0 heterocycles. The average Bonchev–Trinajstić information content (AvgIpc) is 2.33. The van der Waals surface area contributed by atoms with Gasteiger partial charge in [0.05, 0.1) is 12.7 Å². The maximum Gasteiger partial charge on any atom is 0.407 e. The van der Waals surface area contributed by atoms with Gasteiger partial charge >= 0.3 is 12.1 Å². The zero-order valence-corrected chi connectivity index (χ0v) is 12.4. The number of nitrogens with zero attached hydrogens (tertiary/aromatic N) is 1. The summed E-state index contributed by atoms with van der Waals surface area (Å²) in [5.41, 5.74) is 0. The summed E-state index contributed by atoms with van der Waals surface area (Å²) in [4.78, 5) is 24.5. The van der Waals surface area contributed by atoms with Gasteiger partial charge in [-0.1, -0.05) is 6.92 Å². The summed E-state index contributed by atoms with van der Waals surface area (Å²) in [6.07, 6.45) is 0.201. The molecule has 0 saturated carbocycles. The third-order valence-electron chi connectivity index (χ3n) is 2.43. The van der Waals surface area contributed by atoms with E-state index < -0.39 is 6.09 Å². The standard InChI is InChI=1S/C13H26N2O4/c1-5-15(4)9-8-14-13(17)18-10-6-7-12(16)19-11(2)3/h11H,5-10H2,1-4H3,(H,14,17). The lowest BCUT2D eigenvalue weighted by Crippen LogP contribution is -2.33.